The van der Waals surface area contributed by atoms with Gasteiger partial charge in [0.15, 0.2) is 0 Å². The molecule has 0 spiro atoms. The topological polar surface area (TPSA) is 35.5 Å². The van der Waals surface area contributed by atoms with Crippen LogP contribution in [0.4, 0.5) is 4.39 Å². The number of nitrogens with one attached hydrogen (secondary N) is 1. The number of halogens is 1. The van der Waals surface area contributed by atoms with Crippen LogP contribution in [0, 0.1) is 5.82 Å². The van der Waals surface area contributed by atoms with E-state index in [9.17, 15) is 9.50 Å². The molecule has 1 aromatic carbocycles. The van der Waals surface area contributed by atoms with Crippen molar-refractivity contribution in [3.63, 3.8) is 0 Å². The second kappa shape index (κ2) is 6.97. The lowest BCUT2D eigenvalue weighted by atomic mass is 10.2. The third-order valence-corrected chi connectivity index (χ3v) is 3.92. The molecule has 2 N–H and O–H groups in total. The van der Waals surface area contributed by atoms with Gasteiger partial charge in [-0.3, -0.25) is 0 Å². The molecule has 0 unspecified atom stereocenters. The molecule has 0 aromatic heterocycles. The van der Waals surface area contributed by atoms with E-state index in [1.807, 2.05) is 11.8 Å². The van der Waals surface area contributed by atoms with Gasteiger partial charge in [0.1, 0.15) is 11.6 Å². The predicted molar refractivity (Wildman–Crippen MR) is 73.5 cm³/mol. The summed E-state index contributed by atoms with van der Waals surface area (Å²) in [5.74, 6) is 2.04. The van der Waals surface area contributed by atoms with Crippen LogP contribution in [0.1, 0.15) is 5.56 Å². The van der Waals surface area contributed by atoms with Crippen LogP contribution in [0.5, 0.6) is 5.75 Å². The fourth-order valence-electron chi connectivity index (χ4n) is 2.03. The molecule has 2 rings (SSSR count). The summed E-state index contributed by atoms with van der Waals surface area (Å²) in [5, 5.41) is 12.6. The Kier molecular flexibility index (Phi) is 5.28. The van der Waals surface area contributed by atoms with Crippen LogP contribution in [0.2, 0.25) is 0 Å². The van der Waals surface area contributed by atoms with Gasteiger partial charge < -0.3 is 15.3 Å². The molecule has 0 amide bonds. The molecule has 0 bridgehead atoms. The smallest absolute Gasteiger partial charge is 0.127 e. The van der Waals surface area contributed by atoms with Gasteiger partial charge in [-0.15, -0.1) is 0 Å². The largest absolute Gasteiger partial charge is 0.508 e. The van der Waals surface area contributed by atoms with E-state index in [4.69, 9.17) is 0 Å². The van der Waals surface area contributed by atoms with E-state index in [-0.39, 0.29) is 11.6 Å². The summed E-state index contributed by atoms with van der Waals surface area (Å²) in [6.45, 7) is 4.83. The standard InChI is InChI=1S/C13H19FN2OS/c14-12-7-11(8-13(17)9-12)10-15-1-2-16-3-5-18-6-4-16/h7-9,15,17H,1-6,10H2. The van der Waals surface area contributed by atoms with E-state index in [0.717, 1.165) is 37.8 Å². The summed E-state index contributed by atoms with van der Waals surface area (Å²) in [5.41, 5.74) is 0.779. The maximum atomic E-state index is 13.0. The van der Waals surface area contributed by atoms with Gasteiger partial charge in [0.05, 0.1) is 0 Å². The molecule has 1 aliphatic rings. The Morgan fingerprint density at radius 3 is 2.78 bits per heavy atom. The molecular weight excluding hydrogens is 251 g/mol. The molecular formula is C13H19FN2OS. The zero-order valence-corrected chi connectivity index (χ0v) is 11.2. The first-order valence-corrected chi connectivity index (χ1v) is 7.39. The molecule has 0 saturated carbocycles. The van der Waals surface area contributed by atoms with Crippen LogP contribution in [0.25, 0.3) is 0 Å². The maximum Gasteiger partial charge on any atom is 0.127 e. The lowest BCUT2D eigenvalue weighted by Gasteiger charge is -2.26. The molecule has 1 saturated heterocycles. The van der Waals surface area contributed by atoms with Gasteiger partial charge in [0, 0.05) is 50.3 Å². The van der Waals surface area contributed by atoms with Crippen LogP contribution < -0.4 is 5.32 Å². The molecule has 0 atom stereocenters. The molecule has 0 radical (unpaired) electrons. The van der Waals surface area contributed by atoms with Gasteiger partial charge in [-0.25, -0.2) is 4.39 Å². The minimum atomic E-state index is -0.389. The van der Waals surface area contributed by atoms with E-state index in [1.165, 1.54) is 17.6 Å². The highest BCUT2D eigenvalue weighted by Gasteiger charge is 2.09. The van der Waals surface area contributed by atoms with Crippen molar-refractivity contribution in [1.29, 1.82) is 0 Å². The first-order valence-electron chi connectivity index (χ1n) is 6.23. The van der Waals surface area contributed by atoms with E-state index in [2.05, 4.69) is 10.2 Å². The molecule has 1 heterocycles. The molecule has 5 heteroatoms. The van der Waals surface area contributed by atoms with Crippen molar-refractivity contribution in [3.8, 4) is 5.75 Å². The Morgan fingerprint density at radius 1 is 1.28 bits per heavy atom. The lowest BCUT2D eigenvalue weighted by molar-refractivity contribution is 0.301. The Hall–Kier alpha value is -0.780. The van der Waals surface area contributed by atoms with E-state index in [1.54, 1.807) is 6.07 Å². The van der Waals surface area contributed by atoms with Gasteiger partial charge in [-0.05, 0) is 17.7 Å². The Balaban J connectivity index is 1.68. The van der Waals surface area contributed by atoms with Crippen molar-refractivity contribution in [2.45, 2.75) is 6.54 Å². The minimum absolute atomic E-state index is 0.0140. The number of hydrogen-bond acceptors (Lipinski definition) is 4. The molecule has 1 fully saturated rings. The van der Waals surface area contributed by atoms with E-state index in [0.29, 0.717) is 6.54 Å². The van der Waals surface area contributed by atoms with Gasteiger partial charge >= 0.3 is 0 Å². The van der Waals surface area contributed by atoms with Crippen LogP contribution in [-0.4, -0.2) is 47.7 Å². The van der Waals surface area contributed by atoms with Crippen LogP contribution in [0.15, 0.2) is 18.2 Å². The molecule has 1 aliphatic heterocycles. The van der Waals surface area contributed by atoms with Gasteiger partial charge in [-0.1, -0.05) is 0 Å². The molecule has 1 aromatic rings. The third-order valence-electron chi connectivity index (χ3n) is 2.98. The first kappa shape index (κ1) is 13.6. The fraction of sp³-hybridized carbons (Fsp3) is 0.538. The second-order valence-electron chi connectivity index (χ2n) is 4.45. The number of thioether (sulfide) groups is 1. The molecule has 18 heavy (non-hydrogen) atoms. The first-order chi connectivity index (χ1) is 8.74. The van der Waals surface area contributed by atoms with Gasteiger partial charge in [0.2, 0.25) is 0 Å². The quantitative estimate of drug-likeness (QED) is 0.798. The average molecular weight is 270 g/mol. The third kappa shape index (κ3) is 4.48. The van der Waals surface area contributed by atoms with Crippen LogP contribution >= 0.6 is 11.8 Å². The molecule has 100 valence electrons. The summed E-state index contributed by atoms with van der Waals surface area (Å²) in [4.78, 5) is 2.44. The highest BCUT2D eigenvalue weighted by molar-refractivity contribution is 7.99. The number of phenolic OH excluding ortho intramolecular Hbond substituents is 1. The number of benzene rings is 1. The lowest BCUT2D eigenvalue weighted by Crippen LogP contribution is -2.37. The summed E-state index contributed by atoms with van der Waals surface area (Å²) >= 11 is 2.01. The van der Waals surface area contributed by atoms with E-state index >= 15 is 0 Å². The zero-order valence-electron chi connectivity index (χ0n) is 10.4. The van der Waals surface area contributed by atoms with Crippen molar-refractivity contribution in [2.75, 3.05) is 37.7 Å². The predicted octanol–water partition coefficient (Wildman–Crippen LogP) is 1.67. The van der Waals surface area contributed by atoms with Crippen molar-refractivity contribution in [3.05, 3.63) is 29.6 Å². The monoisotopic (exact) mass is 270 g/mol. The van der Waals surface area contributed by atoms with Crippen LogP contribution in [-0.2, 0) is 6.54 Å². The minimum Gasteiger partial charge on any atom is -0.508 e. The fourth-order valence-corrected chi connectivity index (χ4v) is 3.01. The number of rotatable bonds is 5. The molecule has 0 aliphatic carbocycles. The van der Waals surface area contributed by atoms with Crippen molar-refractivity contribution in [1.82, 2.24) is 10.2 Å². The highest BCUT2D eigenvalue weighted by Crippen LogP contribution is 2.14. The Bertz CT molecular complexity index is 363. The summed E-state index contributed by atoms with van der Waals surface area (Å²) < 4.78 is 13.0. The maximum absolute atomic E-state index is 13.0. The second-order valence-corrected chi connectivity index (χ2v) is 5.67. The SMILES string of the molecule is Oc1cc(F)cc(CNCCN2CCSCC2)c1. The number of phenols is 1. The van der Waals surface area contributed by atoms with Crippen LogP contribution in [0.3, 0.4) is 0 Å². The zero-order chi connectivity index (χ0) is 12.8. The van der Waals surface area contributed by atoms with Crippen molar-refractivity contribution >= 4 is 11.8 Å². The van der Waals surface area contributed by atoms with Gasteiger partial charge in [0.25, 0.3) is 0 Å². The summed E-state index contributed by atoms with van der Waals surface area (Å²) in [7, 11) is 0. The van der Waals surface area contributed by atoms with Crippen molar-refractivity contribution in [2.24, 2.45) is 0 Å². The molecule has 3 nitrogen and oxygen atoms in total. The number of aromatic hydroxyl groups is 1. The van der Waals surface area contributed by atoms with Gasteiger partial charge in [-0.2, -0.15) is 11.8 Å². The Morgan fingerprint density at radius 2 is 2.06 bits per heavy atom. The average Bonchev–Trinajstić information content (AvgIpc) is 2.35. The number of nitrogens with zero attached hydrogens (tertiary/aromatic N) is 1. The van der Waals surface area contributed by atoms with Crippen molar-refractivity contribution < 1.29 is 9.50 Å². The Labute approximate surface area is 111 Å². The normalized spacial score (nSPS) is 16.9. The number of hydrogen-bond donors (Lipinski definition) is 2. The highest BCUT2D eigenvalue weighted by atomic mass is 32.2. The summed E-state index contributed by atoms with van der Waals surface area (Å²) in [6, 6.07) is 4.16. The van der Waals surface area contributed by atoms with E-state index < -0.39 is 0 Å². The summed E-state index contributed by atoms with van der Waals surface area (Å²) in [6.07, 6.45) is 0.